The minimum absolute atomic E-state index is 0.243. The molecule has 2 atom stereocenters. The van der Waals surface area contributed by atoms with E-state index in [1.165, 1.54) is 6.42 Å². The molecule has 0 bridgehead atoms. The molecule has 2 unspecified atom stereocenters. The van der Waals surface area contributed by atoms with Crippen LogP contribution in [0.3, 0.4) is 0 Å². The molecule has 234 valence electrons. The molecule has 0 aliphatic carbocycles. The molecule has 7 heteroatoms. The summed E-state index contributed by atoms with van der Waals surface area (Å²) in [4.78, 5) is 43.1. The van der Waals surface area contributed by atoms with Crippen molar-refractivity contribution in [1.82, 2.24) is 15.5 Å². The lowest BCUT2D eigenvalue weighted by Gasteiger charge is -2.35. The first-order valence-corrected chi connectivity index (χ1v) is 15.8. The minimum Gasteiger partial charge on any atom is -0.444 e. The summed E-state index contributed by atoms with van der Waals surface area (Å²) >= 11 is 0. The van der Waals surface area contributed by atoms with Crippen LogP contribution in [-0.2, 0) is 20.7 Å². The third-order valence-corrected chi connectivity index (χ3v) is 7.11. The predicted molar refractivity (Wildman–Crippen MR) is 173 cm³/mol. The maximum absolute atomic E-state index is 14.6. The molecule has 0 aromatic heterocycles. The fraction of sp³-hybridized carbons (Fsp3) is 0.528. The number of amides is 3. The topological polar surface area (TPSA) is 87.7 Å². The number of rotatable bonds is 17. The number of carbonyl (C=O) groups excluding carboxylic acids is 3. The predicted octanol–water partition coefficient (Wildman–Crippen LogP) is 6.95. The lowest BCUT2D eigenvalue weighted by molar-refractivity contribution is -0.142. The number of hydrogen-bond acceptors (Lipinski definition) is 4. The second-order valence-corrected chi connectivity index (χ2v) is 12.0. The maximum Gasteiger partial charge on any atom is 0.408 e. The van der Waals surface area contributed by atoms with Crippen LogP contribution in [0, 0.1) is 12.3 Å². The van der Waals surface area contributed by atoms with Gasteiger partial charge >= 0.3 is 6.09 Å². The number of carbonyl (C=O) groups is 3. The molecule has 0 aliphatic rings. The van der Waals surface area contributed by atoms with Gasteiger partial charge in [-0.2, -0.15) is 0 Å². The van der Waals surface area contributed by atoms with Gasteiger partial charge in [0.1, 0.15) is 17.7 Å². The molecule has 0 saturated carbocycles. The van der Waals surface area contributed by atoms with Crippen molar-refractivity contribution in [3.8, 4) is 12.3 Å². The van der Waals surface area contributed by atoms with Crippen LogP contribution in [0.25, 0.3) is 0 Å². The SMILES string of the molecule is C#Cc1ccccc1C(C(=O)NCCCC)N(CCCCCCCC)C(=O)C(Cc1ccccc1)NC(=O)OC(C)(C)C. The number of hydrogen-bond donors (Lipinski definition) is 2. The molecular weight excluding hydrogens is 538 g/mol. The van der Waals surface area contributed by atoms with Crippen molar-refractivity contribution in [3.05, 3.63) is 71.3 Å². The highest BCUT2D eigenvalue weighted by Crippen LogP contribution is 2.27. The van der Waals surface area contributed by atoms with Gasteiger partial charge in [0.15, 0.2) is 0 Å². The zero-order valence-corrected chi connectivity index (χ0v) is 26.8. The highest BCUT2D eigenvalue weighted by atomic mass is 16.6. The average Bonchev–Trinajstić information content (AvgIpc) is 2.97. The first-order chi connectivity index (χ1) is 20.6. The van der Waals surface area contributed by atoms with Crippen molar-refractivity contribution < 1.29 is 19.1 Å². The number of nitrogens with zero attached hydrogens (tertiary/aromatic N) is 1. The van der Waals surface area contributed by atoms with Crippen LogP contribution in [0.1, 0.15) is 109 Å². The van der Waals surface area contributed by atoms with E-state index in [-0.39, 0.29) is 18.2 Å². The molecule has 3 amide bonds. The lowest BCUT2D eigenvalue weighted by atomic mass is 9.96. The molecule has 0 radical (unpaired) electrons. The Morgan fingerprint density at radius 3 is 2.16 bits per heavy atom. The number of nitrogens with one attached hydrogen (secondary N) is 2. The van der Waals surface area contributed by atoms with Crippen LogP contribution in [0.2, 0.25) is 0 Å². The van der Waals surface area contributed by atoms with Crippen molar-refractivity contribution in [2.75, 3.05) is 13.1 Å². The van der Waals surface area contributed by atoms with E-state index in [1.807, 2.05) is 48.5 Å². The summed E-state index contributed by atoms with van der Waals surface area (Å²) in [6, 6.07) is 14.9. The van der Waals surface area contributed by atoms with Gasteiger partial charge in [-0.05, 0) is 50.8 Å². The molecule has 0 aliphatic heterocycles. The first kappa shape index (κ1) is 35.4. The summed E-state index contributed by atoms with van der Waals surface area (Å²) in [6.45, 7) is 10.4. The maximum atomic E-state index is 14.6. The molecule has 2 aromatic rings. The second kappa shape index (κ2) is 18.7. The van der Waals surface area contributed by atoms with Crippen LogP contribution >= 0.6 is 0 Å². The average molecular weight is 590 g/mol. The normalized spacial score (nSPS) is 12.5. The van der Waals surface area contributed by atoms with Gasteiger partial charge in [-0.1, -0.05) is 107 Å². The Morgan fingerprint density at radius 2 is 1.51 bits per heavy atom. The number of terminal acetylenes is 1. The molecule has 7 nitrogen and oxygen atoms in total. The van der Waals surface area contributed by atoms with E-state index < -0.39 is 23.8 Å². The summed E-state index contributed by atoms with van der Waals surface area (Å²) in [5.74, 6) is 2.06. The highest BCUT2D eigenvalue weighted by Gasteiger charge is 2.37. The van der Waals surface area contributed by atoms with Gasteiger partial charge in [0.05, 0.1) is 0 Å². The van der Waals surface area contributed by atoms with Crippen molar-refractivity contribution in [2.24, 2.45) is 0 Å². The summed E-state index contributed by atoms with van der Waals surface area (Å²) in [7, 11) is 0. The summed E-state index contributed by atoms with van der Waals surface area (Å²) in [5, 5.41) is 5.86. The summed E-state index contributed by atoms with van der Waals surface area (Å²) in [6.07, 6.45) is 13.3. The monoisotopic (exact) mass is 589 g/mol. The molecule has 0 fully saturated rings. The molecule has 0 saturated heterocycles. The van der Waals surface area contributed by atoms with E-state index in [4.69, 9.17) is 11.2 Å². The second-order valence-electron chi connectivity index (χ2n) is 12.0. The van der Waals surface area contributed by atoms with Crippen molar-refractivity contribution in [3.63, 3.8) is 0 Å². The molecule has 43 heavy (non-hydrogen) atoms. The van der Waals surface area contributed by atoms with E-state index >= 15 is 0 Å². The Balaban J connectivity index is 2.55. The fourth-order valence-electron chi connectivity index (χ4n) is 4.93. The van der Waals surface area contributed by atoms with Crippen LogP contribution in [0.15, 0.2) is 54.6 Å². The van der Waals surface area contributed by atoms with E-state index in [1.54, 1.807) is 31.7 Å². The van der Waals surface area contributed by atoms with Gasteiger partial charge in [-0.15, -0.1) is 6.42 Å². The Bertz CT molecular complexity index is 1180. The Morgan fingerprint density at radius 1 is 0.884 bits per heavy atom. The molecule has 0 spiro atoms. The molecule has 0 heterocycles. The minimum atomic E-state index is -0.957. The zero-order valence-electron chi connectivity index (χ0n) is 26.8. The van der Waals surface area contributed by atoms with Gasteiger partial charge in [0.2, 0.25) is 11.8 Å². The zero-order chi connectivity index (χ0) is 31.7. The Kier molecular flexibility index (Phi) is 15.4. The van der Waals surface area contributed by atoms with Crippen molar-refractivity contribution >= 4 is 17.9 Å². The molecular formula is C36H51N3O4. The van der Waals surface area contributed by atoms with Crippen molar-refractivity contribution in [2.45, 2.75) is 110 Å². The fourth-order valence-corrected chi connectivity index (χ4v) is 4.93. The standard InChI is InChI=1S/C36H51N3O4/c1-7-10-12-13-14-20-26-39(32(33(40)37-25-11-8-2)30-24-19-18-23-29(30)9-3)34(41)31(27-28-21-16-15-17-22-28)38-35(42)43-36(4,5)6/h3,15-19,21-24,31-32H,7-8,10-14,20,25-27H2,1-2,4-6H3,(H,37,40)(H,38,42). The van der Waals surface area contributed by atoms with Gasteiger partial charge < -0.3 is 20.3 Å². The number of benzene rings is 2. The summed E-state index contributed by atoms with van der Waals surface area (Å²) < 4.78 is 5.54. The molecule has 2 N–H and O–H groups in total. The molecule has 2 aromatic carbocycles. The van der Waals surface area contributed by atoms with E-state index in [0.29, 0.717) is 24.2 Å². The highest BCUT2D eigenvalue weighted by molar-refractivity contribution is 5.92. The van der Waals surface area contributed by atoms with E-state index in [2.05, 4.69) is 30.4 Å². The lowest BCUT2D eigenvalue weighted by Crippen LogP contribution is -2.54. The number of alkyl carbamates (subject to hydrolysis) is 1. The van der Waals surface area contributed by atoms with E-state index in [9.17, 15) is 14.4 Å². The number of ether oxygens (including phenoxy) is 1. The quantitative estimate of drug-likeness (QED) is 0.154. The third-order valence-electron chi connectivity index (χ3n) is 7.11. The first-order valence-electron chi connectivity index (χ1n) is 15.8. The summed E-state index contributed by atoms with van der Waals surface area (Å²) in [5.41, 5.74) is 1.29. The van der Waals surface area contributed by atoms with Crippen LogP contribution in [0.4, 0.5) is 4.79 Å². The van der Waals surface area contributed by atoms with Crippen LogP contribution < -0.4 is 10.6 Å². The van der Waals surface area contributed by atoms with Crippen LogP contribution in [0.5, 0.6) is 0 Å². The number of unbranched alkanes of at least 4 members (excludes halogenated alkanes) is 6. The molecule has 2 rings (SSSR count). The Labute approximate surface area is 259 Å². The smallest absolute Gasteiger partial charge is 0.408 e. The van der Waals surface area contributed by atoms with Crippen molar-refractivity contribution in [1.29, 1.82) is 0 Å². The van der Waals surface area contributed by atoms with Crippen LogP contribution in [-0.4, -0.2) is 47.5 Å². The van der Waals surface area contributed by atoms with Gasteiger partial charge in [-0.3, -0.25) is 9.59 Å². The van der Waals surface area contributed by atoms with Gasteiger partial charge in [-0.25, -0.2) is 4.79 Å². The van der Waals surface area contributed by atoms with Gasteiger partial charge in [0, 0.05) is 25.1 Å². The third kappa shape index (κ3) is 12.5. The largest absolute Gasteiger partial charge is 0.444 e. The Hall–Kier alpha value is -3.79. The van der Waals surface area contributed by atoms with E-state index in [0.717, 1.165) is 50.5 Å². The van der Waals surface area contributed by atoms with Gasteiger partial charge in [0.25, 0.3) is 0 Å².